The van der Waals surface area contributed by atoms with Crippen molar-refractivity contribution in [1.82, 2.24) is 4.72 Å². The lowest BCUT2D eigenvalue weighted by Gasteiger charge is -2.39. The maximum atomic E-state index is 13.2. The first-order chi connectivity index (χ1) is 15.1. The molecule has 0 aliphatic carbocycles. The Morgan fingerprint density at radius 1 is 1.16 bits per heavy atom. The van der Waals surface area contributed by atoms with Crippen LogP contribution < -0.4 is 14.9 Å². The molecule has 10 heteroatoms. The summed E-state index contributed by atoms with van der Waals surface area (Å²) >= 11 is 6.15. The Morgan fingerprint density at radius 3 is 2.47 bits per heavy atom. The molecule has 0 saturated heterocycles. The number of hydrogen-bond acceptors (Lipinski definition) is 6. The van der Waals surface area contributed by atoms with Gasteiger partial charge >= 0.3 is 6.09 Å². The van der Waals surface area contributed by atoms with Crippen molar-refractivity contribution in [2.24, 2.45) is 5.92 Å². The van der Waals surface area contributed by atoms with Gasteiger partial charge in [0.2, 0.25) is 5.91 Å². The smallest absolute Gasteiger partial charge is 0.420 e. The van der Waals surface area contributed by atoms with Gasteiger partial charge in [0.1, 0.15) is 6.04 Å². The average molecular weight is 484 g/mol. The van der Waals surface area contributed by atoms with Gasteiger partial charge in [0, 0.05) is 25.8 Å². The van der Waals surface area contributed by atoms with E-state index in [1.807, 2.05) is 32.0 Å². The van der Waals surface area contributed by atoms with Crippen LogP contribution in [0.3, 0.4) is 0 Å². The fraction of sp³-hybridized carbons (Fsp3) is 0.364. The van der Waals surface area contributed by atoms with Gasteiger partial charge in [-0.2, -0.15) is 0 Å². The van der Waals surface area contributed by atoms with Crippen molar-refractivity contribution in [2.75, 3.05) is 23.9 Å². The molecule has 2 aromatic carbocycles. The van der Waals surface area contributed by atoms with Crippen LogP contribution in [0.1, 0.15) is 28.7 Å². The number of rotatable bonds is 6. The standard InChI is InChI=1S/C22H26ClN3O5S.2H2/c1-14(2)20(26-12-4-5-15-13-16(23)6-11-19(15)26)21(27)24-17-7-9-18(10-8-17)32(29,30)25-22(28)31-3;;/h6-11,13-14,20H,4-5,12H2,1-3H3,(H,24,27)(H,25,28);2*1H/t20-;;/m0../s1. The van der Waals surface area contributed by atoms with Crippen LogP contribution in [-0.2, 0) is 26.0 Å². The van der Waals surface area contributed by atoms with Gasteiger partial charge in [-0.25, -0.2) is 17.9 Å². The minimum Gasteiger partial charge on any atom is -0.452 e. The van der Waals surface area contributed by atoms with E-state index in [0.29, 0.717) is 10.7 Å². The Bertz CT molecular complexity index is 1110. The molecular formula is C22H30ClN3O5S. The maximum absolute atomic E-state index is 13.2. The third kappa shape index (κ3) is 5.34. The molecule has 2 amide bonds. The Balaban J connectivity index is 0.00000289. The summed E-state index contributed by atoms with van der Waals surface area (Å²) in [5.74, 6) is -0.161. The molecule has 0 radical (unpaired) electrons. The van der Waals surface area contributed by atoms with Gasteiger partial charge in [0.05, 0.1) is 12.0 Å². The quantitative estimate of drug-likeness (QED) is 0.635. The number of anilines is 2. The molecule has 176 valence electrons. The molecule has 0 fully saturated rings. The molecule has 2 N–H and O–H groups in total. The molecule has 1 atom stereocenters. The molecule has 0 spiro atoms. The molecule has 0 unspecified atom stereocenters. The molecule has 0 bridgehead atoms. The van der Waals surface area contributed by atoms with Crippen LogP contribution in [0, 0.1) is 5.92 Å². The summed E-state index contributed by atoms with van der Waals surface area (Å²) < 4.78 is 30.4. The molecule has 1 aliphatic heterocycles. The zero-order valence-corrected chi connectivity index (χ0v) is 19.7. The topological polar surface area (TPSA) is 105 Å². The summed E-state index contributed by atoms with van der Waals surface area (Å²) in [6.07, 6.45) is 0.753. The number of methoxy groups -OCH3 is 1. The molecular weight excluding hydrogens is 454 g/mol. The first kappa shape index (κ1) is 23.9. The summed E-state index contributed by atoms with van der Waals surface area (Å²) in [5.41, 5.74) is 2.57. The molecule has 0 saturated carbocycles. The largest absolute Gasteiger partial charge is 0.452 e. The van der Waals surface area contributed by atoms with E-state index in [9.17, 15) is 18.0 Å². The first-order valence-electron chi connectivity index (χ1n) is 10.2. The number of aryl methyl sites for hydroxylation is 1. The van der Waals surface area contributed by atoms with E-state index in [4.69, 9.17) is 11.6 Å². The number of amides is 2. The number of fused-ring (bicyclic) bond motifs is 1. The van der Waals surface area contributed by atoms with Crippen LogP contribution in [0.25, 0.3) is 0 Å². The van der Waals surface area contributed by atoms with Crippen LogP contribution in [-0.4, -0.2) is 40.1 Å². The highest BCUT2D eigenvalue weighted by Crippen LogP contribution is 2.33. The van der Waals surface area contributed by atoms with Crippen LogP contribution in [0.2, 0.25) is 5.02 Å². The second-order valence-electron chi connectivity index (χ2n) is 7.87. The summed E-state index contributed by atoms with van der Waals surface area (Å²) in [6, 6.07) is 10.9. The van der Waals surface area contributed by atoms with Crippen molar-refractivity contribution in [3.8, 4) is 0 Å². The molecule has 2 aromatic rings. The SMILES string of the molecule is COC(=O)NS(=O)(=O)c1ccc(NC(=O)[C@H](C(C)C)N2CCCc3cc(Cl)ccc32)cc1.[HH].[HH]. The first-order valence-corrected chi connectivity index (χ1v) is 12.1. The van der Waals surface area contributed by atoms with Crippen molar-refractivity contribution >= 4 is 45.0 Å². The van der Waals surface area contributed by atoms with Gasteiger partial charge in [-0.3, -0.25) is 4.79 Å². The Labute approximate surface area is 195 Å². The fourth-order valence-electron chi connectivity index (χ4n) is 3.83. The molecule has 8 nitrogen and oxygen atoms in total. The third-order valence-electron chi connectivity index (χ3n) is 5.27. The highest BCUT2D eigenvalue weighted by Gasteiger charge is 2.32. The average Bonchev–Trinajstić information content (AvgIpc) is 2.73. The number of ether oxygens (including phenoxy) is 1. The minimum absolute atomic E-state index is 0. The monoisotopic (exact) mass is 483 g/mol. The van der Waals surface area contributed by atoms with Crippen molar-refractivity contribution < 1.29 is 25.6 Å². The lowest BCUT2D eigenvalue weighted by Crippen LogP contribution is -2.49. The number of carbonyl (C=O) groups excluding carboxylic acids is 2. The van der Waals surface area contributed by atoms with Crippen LogP contribution in [0.5, 0.6) is 0 Å². The number of carbonyl (C=O) groups is 2. The van der Waals surface area contributed by atoms with E-state index in [2.05, 4.69) is 15.0 Å². The van der Waals surface area contributed by atoms with E-state index in [1.54, 1.807) is 4.72 Å². The second kappa shape index (κ2) is 9.79. The number of halogens is 1. The minimum atomic E-state index is -4.06. The van der Waals surface area contributed by atoms with E-state index in [1.165, 1.54) is 24.3 Å². The molecule has 32 heavy (non-hydrogen) atoms. The Kier molecular flexibility index (Phi) is 7.30. The van der Waals surface area contributed by atoms with Gasteiger partial charge in [-0.15, -0.1) is 0 Å². The van der Waals surface area contributed by atoms with E-state index < -0.39 is 22.2 Å². The highest BCUT2D eigenvalue weighted by molar-refractivity contribution is 7.90. The fourth-order valence-corrected chi connectivity index (χ4v) is 4.94. The number of nitrogens with one attached hydrogen (secondary N) is 2. The van der Waals surface area contributed by atoms with Gasteiger partial charge in [0.15, 0.2) is 0 Å². The molecule has 3 rings (SSSR count). The van der Waals surface area contributed by atoms with Crippen LogP contribution in [0.4, 0.5) is 16.2 Å². The van der Waals surface area contributed by atoms with Gasteiger partial charge < -0.3 is 15.0 Å². The molecule has 1 heterocycles. The van der Waals surface area contributed by atoms with Gasteiger partial charge in [-0.05, 0) is 66.8 Å². The predicted octanol–water partition coefficient (Wildman–Crippen LogP) is 4.29. The van der Waals surface area contributed by atoms with E-state index in [-0.39, 0.29) is 19.6 Å². The summed E-state index contributed by atoms with van der Waals surface area (Å²) in [5, 5.41) is 3.55. The number of benzene rings is 2. The van der Waals surface area contributed by atoms with Gasteiger partial charge in [-0.1, -0.05) is 25.4 Å². The number of sulfonamides is 1. The zero-order chi connectivity index (χ0) is 23.5. The van der Waals surface area contributed by atoms with Crippen LogP contribution in [0.15, 0.2) is 47.4 Å². The van der Waals surface area contributed by atoms with Crippen LogP contribution >= 0.6 is 11.6 Å². The summed E-state index contributed by atoms with van der Waals surface area (Å²) in [6.45, 7) is 4.73. The zero-order valence-electron chi connectivity index (χ0n) is 18.1. The normalized spacial score (nSPS) is 14.5. The van der Waals surface area contributed by atoms with Crippen molar-refractivity contribution in [1.29, 1.82) is 0 Å². The molecule has 0 aromatic heterocycles. The van der Waals surface area contributed by atoms with E-state index >= 15 is 0 Å². The van der Waals surface area contributed by atoms with Gasteiger partial charge in [0.25, 0.3) is 10.0 Å². The Morgan fingerprint density at radius 2 is 1.84 bits per heavy atom. The van der Waals surface area contributed by atoms with E-state index in [0.717, 1.165) is 37.7 Å². The number of nitrogens with zero attached hydrogens (tertiary/aromatic N) is 1. The molecule has 1 aliphatic rings. The second-order valence-corrected chi connectivity index (χ2v) is 9.99. The highest BCUT2D eigenvalue weighted by atomic mass is 35.5. The van der Waals surface area contributed by atoms with Crippen molar-refractivity contribution in [3.63, 3.8) is 0 Å². The summed E-state index contributed by atoms with van der Waals surface area (Å²) in [7, 11) is -2.98. The third-order valence-corrected chi connectivity index (χ3v) is 6.83. The Hall–Kier alpha value is -2.78. The lowest BCUT2D eigenvalue weighted by molar-refractivity contribution is -0.118. The maximum Gasteiger partial charge on any atom is 0.420 e. The lowest BCUT2D eigenvalue weighted by atomic mass is 9.95. The predicted molar refractivity (Wildman–Crippen MR) is 128 cm³/mol. The number of hydrogen-bond donors (Lipinski definition) is 2. The van der Waals surface area contributed by atoms with Crippen molar-refractivity contribution in [2.45, 2.75) is 37.6 Å². The summed E-state index contributed by atoms with van der Waals surface area (Å²) in [4.78, 5) is 26.4. The van der Waals surface area contributed by atoms with Crippen molar-refractivity contribution in [3.05, 3.63) is 53.1 Å².